The van der Waals surface area contributed by atoms with Gasteiger partial charge in [-0.2, -0.15) is 0 Å². The molecule has 0 aromatic heterocycles. The molecule has 1 rings (SSSR count). The summed E-state index contributed by atoms with van der Waals surface area (Å²) in [6.45, 7) is 3.27. The van der Waals surface area contributed by atoms with Crippen molar-refractivity contribution in [2.75, 3.05) is 0 Å². The lowest BCUT2D eigenvalue weighted by Gasteiger charge is -1.96. The number of hydrogen-bond donors (Lipinski definition) is 0. The van der Waals surface area contributed by atoms with Crippen LogP contribution in [-0.4, -0.2) is 5.97 Å². The second kappa shape index (κ2) is 5.25. The highest BCUT2D eigenvalue weighted by atomic mass is 35.5. The smallest absolute Gasteiger partial charge is 0.334 e. The maximum Gasteiger partial charge on any atom is 0.334 e. The first-order chi connectivity index (χ1) is 6.74. The van der Waals surface area contributed by atoms with Gasteiger partial charge in [-0.1, -0.05) is 36.4 Å². The first-order valence-corrected chi connectivity index (χ1v) is 4.36. The van der Waals surface area contributed by atoms with E-state index in [0.717, 1.165) is 11.6 Å². The molecule has 0 amide bonds. The van der Waals surface area contributed by atoms with Crippen molar-refractivity contribution in [1.29, 1.82) is 0 Å². The van der Waals surface area contributed by atoms with E-state index in [1.807, 2.05) is 18.2 Å². The molecule has 14 heavy (non-hydrogen) atoms. The minimum atomic E-state index is -0.492. The van der Waals surface area contributed by atoms with E-state index in [0.29, 0.717) is 5.02 Å². The molecule has 0 radical (unpaired) electrons. The average molecular weight is 209 g/mol. The molecule has 0 aliphatic carbocycles. The maximum absolute atomic E-state index is 10.7. The zero-order chi connectivity index (χ0) is 10.4. The van der Waals surface area contributed by atoms with Crippen LogP contribution < -0.4 is 0 Å². The van der Waals surface area contributed by atoms with E-state index in [4.69, 9.17) is 11.6 Å². The summed E-state index contributed by atoms with van der Waals surface area (Å²) in [6.07, 6.45) is 3.99. The van der Waals surface area contributed by atoms with Crippen LogP contribution in [0.1, 0.15) is 5.56 Å². The molecular weight excluding hydrogens is 200 g/mol. The predicted octanol–water partition coefficient (Wildman–Crippen LogP) is 3.04. The molecule has 0 aliphatic rings. The SMILES string of the molecule is C=CC(=O)O/C=C/c1ccccc1Cl. The number of rotatable bonds is 3. The largest absolute Gasteiger partial charge is 0.431 e. The predicted molar refractivity (Wildman–Crippen MR) is 56.8 cm³/mol. The van der Waals surface area contributed by atoms with E-state index in [-0.39, 0.29) is 0 Å². The lowest BCUT2D eigenvalue weighted by Crippen LogP contribution is -1.91. The van der Waals surface area contributed by atoms with Gasteiger partial charge in [0.05, 0.1) is 6.26 Å². The molecule has 0 saturated carbocycles. The molecule has 0 bridgehead atoms. The number of benzene rings is 1. The Kier molecular flexibility index (Phi) is 3.95. The van der Waals surface area contributed by atoms with E-state index in [1.165, 1.54) is 6.26 Å². The number of halogens is 1. The van der Waals surface area contributed by atoms with Gasteiger partial charge in [-0.25, -0.2) is 4.79 Å². The van der Waals surface area contributed by atoms with Crippen molar-refractivity contribution in [2.45, 2.75) is 0 Å². The van der Waals surface area contributed by atoms with Crippen molar-refractivity contribution < 1.29 is 9.53 Å². The van der Waals surface area contributed by atoms with Crippen LogP contribution in [0.15, 0.2) is 43.2 Å². The molecule has 0 unspecified atom stereocenters. The highest BCUT2D eigenvalue weighted by Crippen LogP contribution is 2.16. The molecule has 0 spiro atoms. The van der Waals surface area contributed by atoms with Crippen molar-refractivity contribution in [1.82, 2.24) is 0 Å². The van der Waals surface area contributed by atoms with Crippen LogP contribution in [0.3, 0.4) is 0 Å². The van der Waals surface area contributed by atoms with Crippen molar-refractivity contribution in [3.8, 4) is 0 Å². The van der Waals surface area contributed by atoms with Crippen LogP contribution in [-0.2, 0) is 9.53 Å². The molecule has 3 heteroatoms. The molecule has 2 nitrogen and oxygen atoms in total. The number of hydrogen-bond acceptors (Lipinski definition) is 2. The van der Waals surface area contributed by atoms with Gasteiger partial charge >= 0.3 is 5.97 Å². The second-order valence-corrected chi connectivity index (χ2v) is 2.87. The van der Waals surface area contributed by atoms with Crippen molar-refractivity contribution >= 4 is 23.6 Å². The second-order valence-electron chi connectivity index (χ2n) is 2.47. The molecule has 0 N–H and O–H groups in total. The zero-order valence-corrected chi connectivity index (χ0v) is 8.20. The van der Waals surface area contributed by atoms with E-state index >= 15 is 0 Å². The lowest BCUT2D eigenvalue weighted by molar-refractivity contribution is -0.132. The van der Waals surface area contributed by atoms with E-state index in [2.05, 4.69) is 11.3 Å². The fourth-order valence-corrected chi connectivity index (χ4v) is 1.03. The van der Waals surface area contributed by atoms with Gasteiger partial charge in [0.2, 0.25) is 0 Å². The van der Waals surface area contributed by atoms with Gasteiger partial charge < -0.3 is 4.74 Å². The summed E-state index contributed by atoms with van der Waals surface area (Å²) in [4.78, 5) is 10.7. The molecule has 1 aromatic rings. The Morgan fingerprint density at radius 2 is 2.14 bits per heavy atom. The summed E-state index contributed by atoms with van der Waals surface area (Å²) in [5, 5.41) is 0.610. The first kappa shape index (κ1) is 10.5. The number of carbonyl (C=O) groups is 1. The van der Waals surface area contributed by atoms with Crippen LogP contribution in [0.25, 0.3) is 6.08 Å². The van der Waals surface area contributed by atoms with Gasteiger partial charge in [-0.3, -0.25) is 0 Å². The third-order valence-corrected chi connectivity index (χ3v) is 1.85. The van der Waals surface area contributed by atoms with Crippen molar-refractivity contribution in [2.24, 2.45) is 0 Å². The molecule has 1 aromatic carbocycles. The summed E-state index contributed by atoms with van der Waals surface area (Å²) in [6, 6.07) is 7.26. The number of carbonyl (C=O) groups excluding carboxylic acids is 1. The monoisotopic (exact) mass is 208 g/mol. The van der Waals surface area contributed by atoms with Crippen molar-refractivity contribution in [3.05, 3.63) is 53.8 Å². The van der Waals surface area contributed by atoms with Crippen molar-refractivity contribution in [3.63, 3.8) is 0 Å². The van der Waals surface area contributed by atoms with E-state index in [1.54, 1.807) is 12.1 Å². The van der Waals surface area contributed by atoms with Crippen LogP contribution in [0.5, 0.6) is 0 Å². The zero-order valence-electron chi connectivity index (χ0n) is 7.44. The Labute approximate surface area is 87.5 Å². The molecular formula is C11H9ClO2. The molecule has 0 atom stereocenters. The van der Waals surface area contributed by atoms with E-state index < -0.39 is 5.97 Å². The Bertz CT molecular complexity index is 369. The van der Waals surface area contributed by atoms with Crippen LogP contribution >= 0.6 is 11.6 Å². The summed E-state index contributed by atoms with van der Waals surface area (Å²) in [5.74, 6) is -0.492. The van der Waals surface area contributed by atoms with E-state index in [9.17, 15) is 4.79 Å². The maximum atomic E-state index is 10.7. The fourth-order valence-electron chi connectivity index (χ4n) is 0.833. The quantitative estimate of drug-likeness (QED) is 0.434. The van der Waals surface area contributed by atoms with Gasteiger partial charge in [0.1, 0.15) is 0 Å². The fraction of sp³-hybridized carbons (Fsp3) is 0. The molecule has 72 valence electrons. The molecule has 0 fully saturated rings. The summed E-state index contributed by atoms with van der Waals surface area (Å²) in [7, 11) is 0. The topological polar surface area (TPSA) is 26.3 Å². The van der Waals surface area contributed by atoms with Gasteiger partial charge in [0.25, 0.3) is 0 Å². The normalized spacial score (nSPS) is 10.1. The summed E-state index contributed by atoms with van der Waals surface area (Å²) in [5.41, 5.74) is 0.797. The average Bonchev–Trinajstić information content (AvgIpc) is 2.20. The minimum Gasteiger partial charge on any atom is -0.431 e. The Morgan fingerprint density at radius 3 is 2.79 bits per heavy atom. The van der Waals surface area contributed by atoms with Gasteiger partial charge in [0, 0.05) is 11.1 Å². The highest BCUT2D eigenvalue weighted by molar-refractivity contribution is 6.32. The molecule has 0 heterocycles. The van der Waals surface area contributed by atoms with Gasteiger partial charge in [-0.05, 0) is 17.7 Å². The Balaban J connectivity index is 2.65. The van der Waals surface area contributed by atoms with Gasteiger partial charge in [-0.15, -0.1) is 0 Å². The highest BCUT2D eigenvalue weighted by Gasteiger charge is 1.94. The number of ether oxygens (including phenoxy) is 1. The van der Waals surface area contributed by atoms with Crippen LogP contribution in [0.2, 0.25) is 5.02 Å². The molecule has 0 saturated heterocycles. The third-order valence-electron chi connectivity index (χ3n) is 1.50. The van der Waals surface area contributed by atoms with Crippen LogP contribution in [0.4, 0.5) is 0 Å². The summed E-state index contributed by atoms with van der Waals surface area (Å²) < 4.78 is 4.65. The minimum absolute atomic E-state index is 0.492. The van der Waals surface area contributed by atoms with Gasteiger partial charge in [0.15, 0.2) is 0 Å². The Morgan fingerprint density at radius 1 is 1.43 bits per heavy atom. The van der Waals surface area contributed by atoms with Crippen LogP contribution in [0, 0.1) is 0 Å². The lowest BCUT2D eigenvalue weighted by atomic mass is 10.2. The third kappa shape index (κ3) is 3.07. The number of esters is 1. The Hall–Kier alpha value is -1.54. The summed E-state index contributed by atoms with van der Waals surface area (Å²) >= 11 is 5.86. The molecule has 0 aliphatic heterocycles. The first-order valence-electron chi connectivity index (χ1n) is 3.98. The standard InChI is InChI=1S/C11H9ClO2/c1-2-11(13)14-8-7-9-5-3-4-6-10(9)12/h2-8H,1H2/b8-7+.